The molecule has 34 heavy (non-hydrogen) atoms. The zero-order valence-electron chi connectivity index (χ0n) is 20.1. The second kappa shape index (κ2) is 15.1. The summed E-state index contributed by atoms with van der Waals surface area (Å²) in [6.45, 7) is 7.60. The third kappa shape index (κ3) is 9.56. The highest BCUT2D eigenvalue weighted by Crippen LogP contribution is 2.29. The Bertz CT molecular complexity index is 950. The highest BCUT2D eigenvalue weighted by Gasteiger charge is 2.32. The predicted molar refractivity (Wildman–Crippen MR) is 132 cm³/mol. The smallest absolute Gasteiger partial charge is 0.414 e. The van der Waals surface area contributed by atoms with Gasteiger partial charge >= 0.3 is 6.09 Å². The molecule has 0 saturated carbocycles. The van der Waals surface area contributed by atoms with E-state index >= 15 is 0 Å². The zero-order chi connectivity index (χ0) is 25.7. The summed E-state index contributed by atoms with van der Waals surface area (Å²) in [4.78, 5) is 24.5. The lowest BCUT2D eigenvalue weighted by Gasteiger charge is -2.16. The van der Waals surface area contributed by atoms with E-state index in [1.165, 1.54) is 48.4 Å². The lowest BCUT2D eigenvalue weighted by molar-refractivity contribution is -0.119. The molecule has 1 saturated heterocycles. The molecule has 1 aliphatic heterocycles. The fraction of sp³-hybridized carbons (Fsp3) is 0.417. The van der Waals surface area contributed by atoms with Crippen LogP contribution >= 0.6 is 0 Å². The van der Waals surface area contributed by atoms with Crippen LogP contribution in [0.15, 0.2) is 54.4 Å². The molecule has 3 unspecified atom stereocenters. The first-order valence-electron chi connectivity index (χ1n) is 11.0. The Morgan fingerprint density at radius 3 is 2.65 bits per heavy atom. The van der Waals surface area contributed by atoms with Crippen molar-refractivity contribution in [1.82, 2.24) is 10.0 Å². The van der Waals surface area contributed by atoms with E-state index in [0.717, 1.165) is 0 Å². The second-order valence-corrected chi connectivity index (χ2v) is 8.26. The number of amides is 2. The largest absolute Gasteiger partial charge is 0.442 e. The molecule has 0 aliphatic carbocycles. The lowest BCUT2D eigenvalue weighted by Crippen LogP contribution is -2.33. The summed E-state index contributed by atoms with van der Waals surface area (Å²) in [6, 6.07) is 4.36. The maximum absolute atomic E-state index is 14.9. The van der Waals surface area contributed by atoms with Crippen LogP contribution in [0.1, 0.15) is 39.2 Å². The van der Waals surface area contributed by atoms with Crippen molar-refractivity contribution >= 4 is 28.7 Å². The number of carbonyl (C=O) groups excluding carboxylic acids is 2. The molecule has 1 heterocycles. The van der Waals surface area contributed by atoms with Gasteiger partial charge in [-0.3, -0.25) is 9.69 Å². The molecule has 2 rings (SSSR count). The summed E-state index contributed by atoms with van der Waals surface area (Å²) < 4.78 is 47.6. The number of cyclic esters (lactones) is 1. The Balaban J connectivity index is 0.00000281. The minimum atomic E-state index is -1.24. The maximum Gasteiger partial charge on any atom is 0.414 e. The van der Waals surface area contributed by atoms with Crippen LogP contribution in [0.2, 0.25) is 0 Å². The van der Waals surface area contributed by atoms with E-state index in [4.69, 9.17) is 4.74 Å². The molecule has 1 aromatic carbocycles. The Kier molecular flexibility index (Phi) is 13.0. The van der Waals surface area contributed by atoms with Crippen molar-refractivity contribution in [2.24, 2.45) is 0 Å². The SMILES string of the molecule is C/C=C\C(C=C/C(F)=C/CNS(C)=O)c1ccc(N2CC(CNC(C)=O)OC2=O)cc1F.CC. The third-order valence-corrected chi connectivity index (χ3v) is 5.13. The van der Waals surface area contributed by atoms with Crippen LogP contribution in [0.5, 0.6) is 0 Å². The molecule has 7 nitrogen and oxygen atoms in total. The van der Waals surface area contributed by atoms with E-state index < -0.39 is 40.7 Å². The van der Waals surface area contributed by atoms with Gasteiger partial charge in [0, 0.05) is 25.6 Å². The van der Waals surface area contributed by atoms with Crippen molar-refractivity contribution in [1.29, 1.82) is 0 Å². The molecule has 2 amide bonds. The van der Waals surface area contributed by atoms with Gasteiger partial charge in [-0.2, -0.15) is 0 Å². The topological polar surface area (TPSA) is 87.7 Å². The molecule has 0 radical (unpaired) electrons. The Labute approximate surface area is 202 Å². The van der Waals surface area contributed by atoms with Crippen molar-refractivity contribution < 1.29 is 27.3 Å². The predicted octanol–water partition coefficient (Wildman–Crippen LogP) is 4.27. The first-order valence-corrected chi connectivity index (χ1v) is 12.5. The summed E-state index contributed by atoms with van der Waals surface area (Å²) in [5, 5.41) is 2.58. The van der Waals surface area contributed by atoms with Crippen molar-refractivity contribution in [3.05, 3.63) is 65.8 Å². The molecule has 1 aliphatic rings. The molecule has 0 bridgehead atoms. The highest BCUT2D eigenvalue weighted by molar-refractivity contribution is 7.82. The summed E-state index contributed by atoms with van der Waals surface area (Å²) in [5.41, 5.74) is 0.639. The van der Waals surface area contributed by atoms with Gasteiger partial charge in [0.1, 0.15) is 17.7 Å². The Hall–Kier alpha value is -2.85. The monoisotopic (exact) mass is 497 g/mol. The normalized spacial score (nSPS) is 18.0. The van der Waals surface area contributed by atoms with E-state index in [1.807, 2.05) is 13.8 Å². The van der Waals surface area contributed by atoms with E-state index in [-0.39, 0.29) is 25.5 Å². The number of carbonyl (C=O) groups is 2. The van der Waals surface area contributed by atoms with Crippen molar-refractivity contribution in [3.63, 3.8) is 0 Å². The summed E-state index contributed by atoms with van der Waals surface area (Å²) in [7, 11) is -1.24. The summed E-state index contributed by atoms with van der Waals surface area (Å²) >= 11 is 0. The number of hydrogen-bond acceptors (Lipinski definition) is 4. The van der Waals surface area contributed by atoms with E-state index in [1.54, 1.807) is 25.1 Å². The quantitative estimate of drug-likeness (QED) is 0.373. The highest BCUT2D eigenvalue weighted by atomic mass is 32.2. The minimum absolute atomic E-state index is 0.103. The number of nitrogens with zero attached hydrogens (tertiary/aromatic N) is 1. The molecule has 2 N–H and O–H groups in total. The van der Waals surface area contributed by atoms with Gasteiger partial charge in [0.05, 0.1) is 29.8 Å². The fourth-order valence-electron chi connectivity index (χ4n) is 3.05. The van der Waals surface area contributed by atoms with Gasteiger partial charge in [-0.15, -0.1) is 0 Å². The number of benzene rings is 1. The second-order valence-electron chi connectivity index (χ2n) is 7.06. The molecule has 0 aromatic heterocycles. The zero-order valence-corrected chi connectivity index (χ0v) is 21.0. The van der Waals surface area contributed by atoms with Crippen molar-refractivity contribution in [2.45, 2.75) is 39.7 Å². The number of anilines is 1. The molecule has 1 fully saturated rings. The molecular weight excluding hydrogens is 464 g/mol. The molecule has 188 valence electrons. The average Bonchev–Trinajstić information content (AvgIpc) is 3.17. The van der Waals surface area contributed by atoms with Gasteiger partial charge < -0.3 is 10.1 Å². The first-order chi connectivity index (χ1) is 16.2. The molecule has 3 atom stereocenters. The van der Waals surface area contributed by atoms with Gasteiger partial charge in [-0.25, -0.2) is 22.5 Å². The van der Waals surface area contributed by atoms with Crippen LogP contribution in [0.3, 0.4) is 0 Å². The van der Waals surface area contributed by atoms with Gasteiger partial charge in [-0.1, -0.05) is 38.1 Å². The van der Waals surface area contributed by atoms with E-state index in [2.05, 4.69) is 10.0 Å². The molecule has 10 heteroatoms. The Morgan fingerprint density at radius 2 is 2.06 bits per heavy atom. The molecular formula is C24H33F2N3O4S. The van der Waals surface area contributed by atoms with Crippen LogP contribution in [-0.2, 0) is 20.5 Å². The number of allylic oxidation sites excluding steroid dienone is 5. The Morgan fingerprint density at radius 1 is 1.35 bits per heavy atom. The van der Waals surface area contributed by atoms with Gasteiger partial charge in [0.15, 0.2) is 0 Å². The van der Waals surface area contributed by atoms with Gasteiger partial charge in [-0.05, 0) is 36.8 Å². The number of nitrogens with one attached hydrogen (secondary N) is 2. The van der Waals surface area contributed by atoms with Crippen molar-refractivity contribution in [2.75, 3.05) is 30.8 Å². The summed E-state index contributed by atoms with van der Waals surface area (Å²) in [5.74, 6) is -1.86. The number of hydrogen-bond donors (Lipinski definition) is 2. The van der Waals surface area contributed by atoms with Crippen LogP contribution < -0.4 is 14.9 Å². The third-order valence-electron chi connectivity index (χ3n) is 4.55. The lowest BCUT2D eigenvalue weighted by atomic mass is 9.96. The van der Waals surface area contributed by atoms with E-state index in [0.29, 0.717) is 11.3 Å². The fourth-order valence-corrected chi connectivity index (χ4v) is 3.37. The van der Waals surface area contributed by atoms with Gasteiger partial charge in [0.2, 0.25) is 5.91 Å². The van der Waals surface area contributed by atoms with Crippen LogP contribution in [0, 0.1) is 5.82 Å². The summed E-state index contributed by atoms with van der Waals surface area (Å²) in [6.07, 6.45) is 7.73. The number of halogens is 2. The van der Waals surface area contributed by atoms with Crippen molar-refractivity contribution in [3.8, 4) is 0 Å². The standard InChI is InChI=1S/C22H27F2N3O4S.C2H6/c1-4-5-16(6-7-17(23)10-11-26-32(3)30)20-9-8-18(12-21(20)24)27-14-19(31-22(27)29)13-25-15(2)28;1-2/h4-10,12,16,19,26H,11,13-14H2,1-3H3,(H,25,28);1-2H3/b5-4-,7-6?,17-10-;. The van der Waals surface area contributed by atoms with E-state index in [9.17, 15) is 22.6 Å². The molecule has 1 aromatic rings. The number of rotatable bonds is 10. The van der Waals surface area contributed by atoms with Crippen LogP contribution in [-0.4, -0.2) is 48.2 Å². The maximum atomic E-state index is 14.9. The van der Waals surface area contributed by atoms with Crippen LogP contribution in [0.25, 0.3) is 0 Å². The first kappa shape index (κ1) is 29.2. The van der Waals surface area contributed by atoms with Gasteiger partial charge in [0.25, 0.3) is 0 Å². The minimum Gasteiger partial charge on any atom is -0.442 e. The number of ether oxygens (including phenoxy) is 1. The van der Waals surface area contributed by atoms with Crippen LogP contribution in [0.4, 0.5) is 19.3 Å². The molecule has 0 spiro atoms. The average molecular weight is 498 g/mol.